The van der Waals surface area contributed by atoms with Crippen LogP contribution in [0.25, 0.3) is 0 Å². The van der Waals surface area contributed by atoms with Gasteiger partial charge < -0.3 is 19.9 Å². The molecule has 3 rings (SSSR count). The number of carbonyl (C=O) groups excluding carboxylic acids is 2. The fraction of sp³-hybridized carbons (Fsp3) is 0.333. The summed E-state index contributed by atoms with van der Waals surface area (Å²) in [5.41, 5.74) is -0.800. The Labute approximate surface area is 187 Å². The molecule has 0 saturated heterocycles. The van der Waals surface area contributed by atoms with E-state index in [2.05, 4.69) is 10.3 Å². The Morgan fingerprint density at radius 2 is 2.12 bits per heavy atom. The molecule has 1 aliphatic heterocycles. The van der Waals surface area contributed by atoms with Crippen molar-refractivity contribution in [3.63, 3.8) is 0 Å². The Bertz CT molecular complexity index is 1100. The summed E-state index contributed by atoms with van der Waals surface area (Å²) in [4.78, 5) is 31.5. The molecule has 1 atom stereocenters. The van der Waals surface area contributed by atoms with Crippen LogP contribution in [-0.4, -0.2) is 43.4 Å². The number of halogens is 4. The van der Waals surface area contributed by atoms with Gasteiger partial charge in [-0.05, 0) is 31.5 Å². The van der Waals surface area contributed by atoms with Gasteiger partial charge in [-0.15, -0.1) is 0 Å². The number of likely N-dealkylation sites (N-methyl/N-ethyl adjacent to an activating group) is 1. The summed E-state index contributed by atoms with van der Waals surface area (Å²) in [6.45, 7) is 1.60. The SMILES string of the molecule is Cc1cc(C(F)(F)F)c(C#N)c(NC2CCN(CC=O)c3c(Cl)cccc3N(C)C2=O)n1. The van der Waals surface area contributed by atoms with Crippen molar-refractivity contribution >= 4 is 41.0 Å². The minimum atomic E-state index is -4.76. The van der Waals surface area contributed by atoms with E-state index in [1.807, 2.05) is 0 Å². The number of aldehydes is 1. The van der Waals surface area contributed by atoms with Crippen LogP contribution in [0.2, 0.25) is 5.02 Å². The van der Waals surface area contributed by atoms with E-state index >= 15 is 0 Å². The average molecular weight is 466 g/mol. The van der Waals surface area contributed by atoms with Crippen LogP contribution in [0.4, 0.5) is 30.4 Å². The first-order valence-electron chi connectivity index (χ1n) is 9.58. The molecule has 2 heterocycles. The van der Waals surface area contributed by atoms with Crippen molar-refractivity contribution < 1.29 is 22.8 Å². The molecule has 1 aliphatic rings. The van der Waals surface area contributed by atoms with E-state index < -0.39 is 29.3 Å². The minimum absolute atomic E-state index is 0.00977. The number of carbonyl (C=O) groups is 2. The highest BCUT2D eigenvalue weighted by molar-refractivity contribution is 6.34. The highest BCUT2D eigenvalue weighted by atomic mass is 35.5. The number of nitrogens with one attached hydrogen (secondary N) is 1. The summed E-state index contributed by atoms with van der Waals surface area (Å²) in [5.74, 6) is -0.763. The summed E-state index contributed by atoms with van der Waals surface area (Å²) in [7, 11) is 1.51. The average Bonchev–Trinajstić information content (AvgIpc) is 2.73. The smallest absolute Gasteiger partial charge is 0.362 e. The monoisotopic (exact) mass is 465 g/mol. The molecule has 168 valence electrons. The molecule has 2 aromatic rings. The Kier molecular flexibility index (Phi) is 6.60. The molecule has 0 spiro atoms. The highest BCUT2D eigenvalue weighted by Crippen LogP contribution is 2.38. The number of rotatable bonds is 4. The van der Waals surface area contributed by atoms with E-state index in [1.165, 1.54) is 18.9 Å². The molecule has 0 fully saturated rings. The Hall–Kier alpha value is -3.32. The van der Waals surface area contributed by atoms with E-state index in [4.69, 9.17) is 11.6 Å². The highest BCUT2D eigenvalue weighted by Gasteiger charge is 2.37. The first kappa shape index (κ1) is 23.3. The maximum absolute atomic E-state index is 13.4. The molecule has 0 bridgehead atoms. The number of fused-ring (bicyclic) bond motifs is 1. The molecule has 1 aromatic heterocycles. The van der Waals surface area contributed by atoms with Gasteiger partial charge in [0, 0.05) is 19.3 Å². The zero-order valence-corrected chi connectivity index (χ0v) is 18.0. The molecule has 1 N–H and O–H groups in total. The van der Waals surface area contributed by atoms with Crippen LogP contribution < -0.4 is 15.1 Å². The van der Waals surface area contributed by atoms with Gasteiger partial charge in [0.1, 0.15) is 29.8 Å². The second-order valence-electron chi connectivity index (χ2n) is 7.25. The first-order chi connectivity index (χ1) is 15.1. The number of aryl methyl sites for hydroxylation is 1. The lowest BCUT2D eigenvalue weighted by molar-refractivity contribution is -0.137. The van der Waals surface area contributed by atoms with Gasteiger partial charge in [0.25, 0.3) is 0 Å². The topological polar surface area (TPSA) is 89.3 Å². The minimum Gasteiger partial charge on any atom is -0.362 e. The molecule has 1 unspecified atom stereocenters. The second kappa shape index (κ2) is 9.04. The predicted octanol–water partition coefficient (Wildman–Crippen LogP) is 3.79. The molecule has 7 nitrogen and oxygen atoms in total. The molecule has 1 amide bonds. The van der Waals surface area contributed by atoms with Gasteiger partial charge in [-0.3, -0.25) is 4.79 Å². The van der Waals surface area contributed by atoms with Gasteiger partial charge >= 0.3 is 6.18 Å². The van der Waals surface area contributed by atoms with E-state index in [-0.39, 0.29) is 31.0 Å². The number of para-hydroxylation sites is 1. The van der Waals surface area contributed by atoms with Crippen molar-refractivity contribution in [1.82, 2.24) is 4.98 Å². The van der Waals surface area contributed by atoms with Gasteiger partial charge in [-0.25, -0.2) is 4.98 Å². The number of pyridine rings is 1. The van der Waals surface area contributed by atoms with E-state index in [0.29, 0.717) is 22.7 Å². The predicted molar refractivity (Wildman–Crippen MR) is 114 cm³/mol. The molecule has 11 heteroatoms. The van der Waals surface area contributed by atoms with E-state index in [0.717, 1.165) is 6.07 Å². The number of nitrogens with zero attached hydrogens (tertiary/aromatic N) is 4. The van der Waals surface area contributed by atoms with E-state index in [1.54, 1.807) is 29.2 Å². The van der Waals surface area contributed by atoms with Gasteiger partial charge in [-0.2, -0.15) is 18.4 Å². The van der Waals surface area contributed by atoms with Crippen LogP contribution in [0, 0.1) is 18.3 Å². The number of alkyl halides is 3. The van der Waals surface area contributed by atoms with Crippen molar-refractivity contribution in [1.29, 1.82) is 5.26 Å². The molecule has 0 aliphatic carbocycles. The number of nitriles is 1. The van der Waals surface area contributed by atoms with E-state index in [9.17, 15) is 28.0 Å². The van der Waals surface area contributed by atoms with Gasteiger partial charge in [0.05, 0.1) is 28.5 Å². The first-order valence-corrected chi connectivity index (χ1v) is 9.96. The van der Waals surface area contributed by atoms with Crippen LogP contribution in [0.15, 0.2) is 24.3 Å². The Balaban J connectivity index is 2.05. The lowest BCUT2D eigenvalue weighted by atomic mass is 10.1. The van der Waals surface area contributed by atoms with Crippen LogP contribution in [0.3, 0.4) is 0 Å². The molecule has 0 saturated carbocycles. The largest absolute Gasteiger partial charge is 0.417 e. The fourth-order valence-corrected chi connectivity index (χ4v) is 3.94. The number of aromatic nitrogens is 1. The molecular weight excluding hydrogens is 447 g/mol. The normalized spacial score (nSPS) is 16.7. The number of hydrogen-bond donors (Lipinski definition) is 1. The van der Waals surface area contributed by atoms with Crippen molar-refractivity contribution in [2.24, 2.45) is 0 Å². The standard InChI is InChI=1S/C21H19ClF3N5O2/c1-12-10-14(21(23,24)25)13(11-26)19(27-12)28-16-6-7-30(8-9-31)18-15(22)4-3-5-17(18)29(2)20(16)32/h3-5,9-10,16H,6-8H2,1-2H3,(H,27,28). The lowest BCUT2D eigenvalue weighted by Gasteiger charge is -2.35. The van der Waals surface area contributed by atoms with Crippen molar-refractivity contribution in [3.05, 3.63) is 46.1 Å². The quantitative estimate of drug-likeness (QED) is 0.691. The number of anilines is 3. The summed E-state index contributed by atoms with van der Waals surface area (Å²) < 4.78 is 40.3. The third kappa shape index (κ3) is 4.48. The van der Waals surface area contributed by atoms with Gasteiger partial charge in [-0.1, -0.05) is 17.7 Å². The van der Waals surface area contributed by atoms with Gasteiger partial charge in [0.2, 0.25) is 5.91 Å². The molecule has 1 aromatic carbocycles. The number of amides is 1. The maximum atomic E-state index is 13.4. The third-order valence-electron chi connectivity index (χ3n) is 5.13. The summed E-state index contributed by atoms with van der Waals surface area (Å²) in [5, 5.41) is 12.5. The Morgan fingerprint density at radius 3 is 2.75 bits per heavy atom. The summed E-state index contributed by atoms with van der Waals surface area (Å²) in [6.07, 6.45) is -3.93. The number of benzene rings is 1. The second-order valence-corrected chi connectivity index (χ2v) is 7.65. The number of hydrogen-bond acceptors (Lipinski definition) is 6. The Morgan fingerprint density at radius 1 is 1.41 bits per heavy atom. The van der Waals surface area contributed by atoms with Crippen molar-refractivity contribution in [2.75, 3.05) is 35.3 Å². The summed E-state index contributed by atoms with van der Waals surface area (Å²) >= 11 is 6.33. The zero-order chi connectivity index (χ0) is 23.6. The van der Waals surface area contributed by atoms with Crippen molar-refractivity contribution in [2.45, 2.75) is 25.6 Å². The lowest BCUT2D eigenvalue weighted by Crippen LogP contribution is -2.46. The van der Waals surface area contributed by atoms with Gasteiger partial charge in [0.15, 0.2) is 0 Å². The third-order valence-corrected chi connectivity index (χ3v) is 5.44. The van der Waals surface area contributed by atoms with Crippen molar-refractivity contribution in [3.8, 4) is 6.07 Å². The fourth-order valence-electron chi connectivity index (χ4n) is 3.65. The molecule has 0 radical (unpaired) electrons. The summed E-state index contributed by atoms with van der Waals surface area (Å²) in [6, 6.07) is 6.30. The van der Waals surface area contributed by atoms with Crippen LogP contribution >= 0.6 is 11.6 Å². The maximum Gasteiger partial charge on any atom is 0.417 e. The zero-order valence-electron chi connectivity index (χ0n) is 17.2. The molecule has 32 heavy (non-hydrogen) atoms. The van der Waals surface area contributed by atoms with Crippen LogP contribution in [-0.2, 0) is 15.8 Å². The van der Waals surface area contributed by atoms with Crippen LogP contribution in [0.5, 0.6) is 0 Å². The molecular formula is C21H19ClF3N5O2. The van der Waals surface area contributed by atoms with Crippen LogP contribution in [0.1, 0.15) is 23.2 Å².